The van der Waals surface area contributed by atoms with Crippen molar-refractivity contribution in [3.05, 3.63) is 64.7 Å². The van der Waals surface area contributed by atoms with Gasteiger partial charge in [0.25, 0.3) is 0 Å². The van der Waals surface area contributed by atoms with Gasteiger partial charge in [0.2, 0.25) is 0 Å². The van der Waals surface area contributed by atoms with E-state index >= 15 is 0 Å². The summed E-state index contributed by atoms with van der Waals surface area (Å²) in [4.78, 5) is 0. The molecule has 1 atom stereocenters. The van der Waals surface area contributed by atoms with Crippen molar-refractivity contribution in [2.24, 2.45) is 0 Å². The maximum Gasteiger partial charge on any atom is 0.123 e. The van der Waals surface area contributed by atoms with E-state index in [4.69, 9.17) is 9.47 Å². The van der Waals surface area contributed by atoms with Crippen molar-refractivity contribution in [1.82, 2.24) is 5.32 Å². The molecule has 1 aliphatic rings. The number of nitrogens with one attached hydrogen (secondary N) is 1. The fraction of sp³-hybridized carbons (Fsp3) is 0.333. The number of hydrogen-bond acceptors (Lipinski definition) is 3. The van der Waals surface area contributed by atoms with Gasteiger partial charge in [-0.3, -0.25) is 0 Å². The van der Waals surface area contributed by atoms with Gasteiger partial charge < -0.3 is 14.8 Å². The molecule has 3 heteroatoms. The monoisotopic (exact) mass is 283 g/mol. The summed E-state index contributed by atoms with van der Waals surface area (Å²) in [6, 6.07) is 14.9. The molecule has 0 radical (unpaired) electrons. The first-order valence-electron chi connectivity index (χ1n) is 7.39. The van der Waals surface area contributed by atoms with Gasteiger partial charge in [-0.15, -0.1) is 0 Å². The summed E-state index contributed by atoms with van der Waals surface area (Å²) in [6.07, 6.45) is 0. The Balaban J connectivity index is 2.01. The van der Waals surface area contributed by atoms with E-state index < -0.39 is 0 Å². The highest BCUT2D eigenvalue weighted by Gasteiger charge is 2.19. The lowest BCUT2D eigenvalue weighted by atomic mass is 9.95. The van der Waals surface area contributed by atoms with E-state index in [9.17, 15) is 0 Å². The Bertz CT molecular complexity index is 624. The second-order valence-electron chi connectivity index (χ2n) is 5.25. The molecule has 0 fully saturated rings. The molecular formula is C18H21NO2. The third kappa shape index (κ3) is 2.80. The van der Waals surface area contributed by atoms with Gasteiger partial charge in [-0.05, 0) is 29.3 Å². The maximum atomic E-state index is 5.52. The highest BCUT2D eigenvalue weighted by atomic mass is 16.5. The third-order valence-electron chi connectivity index (χ3n) is 3.94. The Labute approximate surface area is 125 Å². The van der Waals surface area contributed by atoms with Crippen LogP contribution in [-0.2, 0) is 18.0 Å². The van der Waals surface area contributed by atoms with Crippen LogP contribution in [0.1, 0.15) is 35.2 Å². The van der Waals surface area contributed by atoms with Crippen molar-refractivity contribution < 1.29 is 9.47 Å². The van der Waals surface area contributed by atoms with Crippen LogP contribution in [0.4, 0.5) is 0 Å². The quantitative estimate of drug-likeness (QED) is 0.912. The molecule has 3 nitrogen and oxygen atoms in total. The van der Waals surface area contributed by atoms with Gasteiger partial charge >= 0.3 is 0 Å². The topological polar surface area (TPSA) is 30.5 Å². The lowest BCUT2D eigenvalue weighted by Crippen LogP contribution is -2.22. The van der Waals surface area contributed by atoms with Crippen molar-refractivity contribution in [2.45, 2.75) is 26.2 Å². The lowest BCUT2D eigenvalue weighted by molar-refractivity contribution is 0.134. The standard InChI is InChI=1S/C18H21NO2/c1-3-19-18(16-6-4-5-7-17(16)20-2)13-8-9-14-11-21-12-15(14)10-13/h4-10,18-19H,3,11-12H2,1-2H3. The molecule has 1 unspecified atom stereocenters. The molecule has 1 aliphatic heterocycles. The van der Waals surface area contributed by atoms with Crippen LogP contribution in [0.25, 0.3) is 0 Å². The molecule has 0 bridgehead atoms. The summed E-state index contributed by atoms with van der Waals surface area (Å²) >= 11 is 0. The van der Waals surface area contributed by atoms with E-state index in [2.05, 4.69) is 42.6 Å². The van der Waals surface area contributed by atoms with E-state index in [0.717, 1.165) is 18.9 Å². The van der Waals surface area contributed by atoms with Gasteiger partial charge in [0.1, 0.15) is 5.75 Å². The Morgan fingerprint density at radius 3 is 2.76 bits per heavy atom. The van der Waals surface area contributed by atoms with E-state index in [0.29, 0.717) is 6.61 Å². The van der Waals surface area contributed by atoms with Crippen LogP contribution in [0.3, 0.4) is 0 Å². The minimum Gasteiger partial charge on any atom is -0.496 e. The average molecular weight is 283 g/mol. The van der Waals surface area contributed by atoms with Crippen molar-refractivity contribution in [2.75, 3.05) is 13.7 Å². The molecule has 1 N–H and O–H groups in total. The summed E-state index contributed by atoms with van der Waals surface area (Å²) in [6.45, 7) is 4.47. The SMILES string of the molecule is CCNC(c1ccc2c(c1)COC2)c1ccccc1OC. The summed E-state index contributed by atoms with van der Waals surface area (Å²) in [7, 11) is 1.72. The maximum absolute atomic E-state index is 5.52. The van der Waals surface area contributed by atoms with Gasteiger partial charge in [-0.2, -0.15) is 0 Å². The average Bonchev–Trinajstić information content (AvgIpc) is 3.00. The number of benzene rings is 2. The van der Waals surface area contributed by atoms with Crippen molar-refractivity contribution in [3.8, 4) is 5.75 Å². The highest BCUT2D eigenvalue weighted by molar-refractivity contribution is 5.44. The van der Waals surface area contributed by atoms with Gasteiger partial charge in [-0.1, -0.05) is 43.3 Å². The molecular weight excluding hydrogens is 262 g/mol. The molecule has 0 saturated carbocycles. The van der Waals surface area contributed by atoms with Gasteiger partial charge in [0, 0.05) is 5.56 Å². The summed E-state index contributed by atoms with van der Waals surface area (Å²) in [5, 5.41) is 3.56. The minimum absolute atomic E-state index is 0.136. The Morgan fingerprint density at radius 2 is 1.95 bits per heavy atom. The summed E-state index contributed by atoms with van der Waals surface area (Å²) in [5.74, 6) is 0.917. The molecule has 0 aromatic heterocycles. The molecule has 3 rings (SSSR count). The number of fused-ring (bicyclic) bond motifs is 1. The molecule has 21 heavy (non-hydrogen) atoms. The lowest BCUT2D eigenvalue weighted by Gasteiger charge is -2.21. The Kier molecular flexibility index (Phi) is 4.23. The van der Waals surface area contributed by atoms with Crippen molar-refractivity contribution in [1.29, 1.82) is 0 Å². The van der Waals surface area contributed by atoms with Gasteiger partial charge in [-0.25, -0.2) is 0 Å². The van der Waals surface area contributed by atoms with E-state index in [-0.39, 0.29) is 6.04 Å². The molecule has 0 spiro atoms. The predicted octanol–water partition coefficient (Wildman–Crippen LogP) is 3.42. The third-order valence-corrected chi connectivity index (χ3v) is 3.94. The van der Waals surface area contributed by atoms with Crippen LogP contribution in [0.15, 0.2) is 42.5 Å². The van der Waals surface area contributed by atoms with Crippen LogP contribution in [0.5, 0.6) is 5.75 Å². The van der Waals surface area contributed by atoms with Gasteiger partial charge in [0.05, 0.1) is 26.4 Å². The number of para-hydroxylation sites is 1. The van der Waals surface area contributed by atoms with Gasteiger partial charge in [0.15, 0.2) is 0 Å². The van der Waals surface area contributed by atoms with E-state index in [1.807, 2.05) is 12.1 Å². The zero-order valence-electron chi connectivity index (χ0n) is 12.6. The first-order valence-corrected chi connectivity index (χ1v) is 7.39. The summed E-state index contributed by atoms with van der Waals surface area (Å²) in [5.41, 5.74) is 5.02. The zero-order chi connectivity index (χ0) is 14.7. The second kappa shape index (κ2) is 6.29. The van der Waals surface area contributed by atoms with Crippen molar-refractivity contribution >= 4 is 0 Å². The minimum atomic E-state index is 0.136. The number of ether oxygens (including phenoxy) is 2. The van der Waals surface area contributed by atoms with Crippen LogP contribution in [0.2, 0.25) is 0 Å². The van der Waals surface area contributed by atoms with Crippen LogP contribution in [0, 0.1) is 0 Å². The molecule has 110 valence electrons. The zero-order valence-corrected chi connectivity index (χ0v) is 12.6. The van der Waals surface area contributed by atoms with Crippen LogP contribution >= 0.6 is 0 Å². The second-order valence-corrected chi connectivity index (χ2v) is 5.25. The molecule has 1 heterocycles. The Morgan fingerprint density at radius 1 is 1.14 bits per heavy atom. The van der Waals surface area contributed by atoms with Crippen LogP contribution in [-0.4, -0.2) is 13.7 Å². The first kappa shape index (κ1) is 14.1. The highest BCUT2D eigenvalue weighted by Crippen LogP contribution is 2.32. The molecule has 0 amide bonds. The predicted molar refractivity (Wildman–Crippen MR) is 83.4 cm³/mol. The van der Waals surface area contributed by atoms with E-state index in [1.165, 1.54) is 22.3 Å². The molecule has 2 aromatic carbocycles. The fourth-order valence-electron chi connectivity index (χ4n) is 2.89. The van der Waals surface area contributed by atoms with Crippen LogP contribution < -0.4 is 10.1 Å². The van der Waals surface area contributed by atoms with E-state index in [1.54, 1.807) is 7.11 Å². The number of methoxy groups -OCH3 is 1. The normalized spacial score (nSPS) is 14.8. The smallest absolute Gasteiger partial charge is 0.123 e. The molecule has 2 aromatic rings. The summed E-state index contributed by atoms with van der Waals surface area (Å²) < 4.78 is 11.0. The van der Waals surface area contributed by atoms with Crippen molar-refractivity contribution in [3.63, 3.8) is 0 Å². The fourth-order valence-corrected chi connectivity index (χ4v) is 2.89. The number of hydrogen-bond donors (Lipinski definition) is 1. The molecule has 0 aliphatic carbocycles. The number of rotatable bonds is 5. The Hall–Kier alpha value is -1.84. The largest absolute Gasteiger partial charge is 0.496 e. The molecule has 0 saturated heterocycles. The first-order chi connectivity index (χ1) is 10.3.